The van der Waals surface area contributed by atoms with E-state index in [0.717, 1.165) is 32.1 Å². The fourth-order valence-corrected chi connectivity index (χ4v) is 1.63. The topological polar surface area (TPSA) is 49.3 Å². The van der Waals surface area contributed by atoms with Crippen molar-refractivity contribution in [2.45, 2.75) is 44.6 Å². The molecule has 0 atom stereocenters. The maximum absolute atomic E-state index is 11.5. The van der Waals surface area contributed by atoms with Crippen molar-refractivity contribution in [3.63, 3.8) is 0 Å². The van der Waals surface area contributed by atoms with Gasteiger partial charge < -0.3 is 10.4 Å². The molecule has 0 aliphatic heterocycles. The molecule has 0 aromatic rings. The van der Waals surface area contributed by atoms with Crippen molar-refractivity contribution in [2.24, 2.45) is 5.41 Å². The quantitative estimate of drug-likeness (QED) is 0.680. The molecule has 2 rings (SSSR count). The van der Waals surface area contributed by atoms with E-state index in [-0.39, 0.29) is 11.3 Å². The second-order valence-electron chi connectivity index (χ2n) is 4.82. The maximum Gasteiger partial charge on any atom is 0.226 e. The first-order valence-electron chi connectivity index (χ1n) is 5.05. The highest BCUT2D eigenvalue weighted by Crippen LogP contribution is 2.45. The predicted molar refractivity (Wildman–Crippen MR) is 49.2 cm³/mol. The Morgan fingerprint density at radius 3 is 2.38 bits per heavy atom. The first-order valence-corrected chi connectivity index (χ1v) is 5.05. The van der Waals surface area contributed by atoms with Crippen LogP contribution in [0.15, 0.2) is 0 Å². The summed E-state index contributed by atoms with van der Waals surface area (Å²) in [5, 5.41) is 12.6. The van der Waals surface area contributed by atoms with Gasteiger partial charge in [0, 0.05) is 12.0 Å². The van der Waals surface area contributed by atoms with Crippen molar-refractivity contribution in [3.8, 4) is 0 Å². The molecule has 0 spiro atoms. The third-order valence-electron chi connectivity index (χ3n) is 3.41. The van der Waals surface area contributed by atoms with Crippen LogP contribution in [-0.2, 0) is 4.79 Å². The number of hydrogen-bond acceptors (Lipinski definition) is 2. The highest BCUT2D eigenvalue weighted by Gasteiger charge is 2.45. The Kier molecular flexibility index (Phi) is 1.88. The summed E-state index contributed by atoms with van der Waals surface area (Å²) in [6.45, 7) is 2.43. The summed E-state index contributed by atoms with van der Waals surface area (Å²) < 4.78 is 0. The summed E-state index contributed by atoms with van der Waals surface area (Å²) in [6.07, 6.45) is 4.76. The average Bonchev–Trinajstić information content (AvgIpc) is 2.77. The Labute approximate surface area is 78.5 Å². The molecular formula is C10H17NO2. The Balaban J connectivity index is 1.76. The third-order valence-corrected chi connectivity index (χ3v) is 3.41. The van der Waals surface area contributed by atoms with Crippen LogP contribution in [0.25, 0.3) is 0 Å². The van der Waals surface area contributed by atoms with Crippen LogP contribution < -0.4 is 5.32 Å². The van der Waals surface area contributed by atoms with E-state index in [1.807, 2.05) is 6.92 Å². The standard InChI is InChI=1S/C10H17NO2/c1-9(5-6-9)8(12)11-7-10(13)3-2-4-10/h13H,2-7H2,1H3,(H,11,12). The fraction of sp³-hybridized carbons (Fsp3) is 0.900. The molecule has 0 bridgehead atoms. The van der Waals surface area contributed by atoms with Gasteiger partial charge in [-0.15, -0.1) is 0 Å². The second kappa shape index (κ2) is 2.71. The monoisotopic (exact) mass is 183 g/mol. The number of carbonyl (C=O) groups excluding carboxylic acids is 1. The lowest BCUT2D eigenvalue weighted by Gasteiger charge is -2.36. The number of carbonyl (C=O) groups is 1. The van der Waals surface area contributed by atoms with Crippen LogP contribution in [0.3, 0.4) is 0 Å². The van der Waals surface area contributed by atoms with Crippen LogP contribution in [0, 0.1) is 5.41 Å². The molecule has 3 nitrogen and oxygen atoms in total. The number of hydrogen-bond donors (Lipinski definition) is 2. The molecule has 1 amide bonds. The SMILES string of the molecule is CC1(C(=O)NCC2(O)CCC2)CC1. The van der Waals surface area contributed by atoms with Crippen LogP contribution in [0.2, 0.25) is 0 Å². The van der Waals surface area contributed by atoms with Crippen LogP contribution in [0.4, 0.5) is 0 Å². The molecule has 74 valence electrons. The minimum atomic E-state index is -0.582. The van der Waals surface area contributed by atoms with Gasteiger partial charge in [0.15, 0.2) is 0 Å². The molecule has 0 aromatic heterocycles. The van der Waals surface area contributed by atoms with Gasteiger partial charge >= 0.3 is 0 Å². The number of amides is 1. The Hall–Kier alpha value is -0.570. The van der Waals surface area contributed by atoms with Crippen molar-refractivity contribution in [2.75, 3.05) is 6.54 Å². The van der Waals surface area contributed by atoms with Gasteiger partial charge in [-0.2, -0.15) is 0 Å². The van der Waals surface area contributed by atoms with Gasteiger partial charge in [-0.1, -0.05) is 6.92 Å². The van der Waals surface area contributed by atoms with Gasteiger partial charge in [0.25, 0.3) is 0 Å². The van der Waals surface area contributed by atoms with Crippen molar-refractivity contribution in [1.29, 1.82) is 0 Å². The van der Waals surface area contributed by atoms with E-state index in [1.54, 1.807) is 0 Å². The van der Waals surface area contributed by atoms with E-state index in [4.69, 9.17) is 0 Å². The molecule has 0 heterocycles. The van der Waals surface area contributed by atoms with E-state index < -0.39 is 5.60 Å². The Morgan fingerprint density at radius 2 is 2.00 bits per heavy atom. The molecule has 3 heteroatoms. The molecule has 0 aromatic carbocycles. The molecule has 2 fully saturated rings. The van der Waals surface area contributed by atoms with E-state index in [2.05, 4.69) is 5.32 Å². The molecule has 13 heavy (non-hydrogen) atoms. The number of rotatable bonds is 3. The number of aliphatic hydroxyl groups is 1. The molecule has 2 aliphatic rings. The van der Waals surface area contributed by atoms with E-state index >= 15 is 0 Å². The lowest BCUT2D eigenvalue weighted by Crippen LogP contribution is -2.49. The second-order valence-corrected chi connectivity index (χ2v) is 4.82. The molecule has 2 saturated carbocycles. The van der Waals surface area contributed by atoms with Crippen molar-refractivity contribution in [1.82, 2.24) is 5.32 Å². The zero-order valence-corrected chi connectivity index (χ0v) is 8.10. The molecule has 0 saturated heterocycles. The smallest absolute Gasteiger partial charge is 0.226 e. The molecule has 0 radical (unpaired) electrons. The van der Waals surface area contributed by atoms with Crippen molar-refractivity contribution < 1.29 is 9.90 Å². The van der Waals surface area contributed by atoms with Crippen LogP contribution in [-0.4, -0.2) is 23.2 Å². The molecular weight excluding hydrogens is 166 g/mol. The normalized spacial score (nSPS) is 27.5. The average molecular weight is 183 g/mol. The first-order chi connectivity index (χ1) is 6.04. The zero-order chi connectivity index (χ0) is 9.53. The summed E-state index contributed by atoms with van der Waals surface area (Å²) in [5.41, 5.74) is -0.693. The van der Waals surface area contributed by atoms with Gasteiger partial charge in [-0.25, -0.2) is 0 Å². The minimum Gasteiger partial charge on any atom is -0.388 e. The highest BCUT2D eigenvalue weighted by atomic mass is 16.3. The minimum absolute atomic E-state index is 0.111. The van der Waals surface area contributed by atoms with Gasteiger partial charge in [-0.3, -0.25) is 4.79 Å². The summed E-state index contributed by atoms with van der Waals surface area (Å²) in [5.74, 6) is 0.118. The molecule has 0 unspecified atom stereocenters. The third kappa shape index (κ3) is 1.70. The van der Waals surface area contributed by atoms with Crippen LogP contribution >= 0.6 is 0 Å². The predicted octanol–water partition coefficient (Wildman–Crippen LogP) is 0.818. The van der Waals surface area contributed by atoms with Crippen LogP contribution in [0.5, 0.6) is 0 Å². The Morgan fingerprint density at radius 1 is 1.38 bits per heavy atom. The van der Waals surface area contributed by atoms with Crippen LogP contribution in [0.1, 0.15) is 39.0 Å². The van der Waals surface area contributed by atoms with E-state index in [1.165, 1.54) is 0 Å². The zero-order valence-electron chi connectivity index (χ0n) is 8.10. The van der Waals surface area contributed by atoms with E-state index in [0.29, 0.717) is 6.54 Å². The summed E-state index contributed by atoms with van der Waals surface area (Å²) >= 11 is 0. The van der Waals surface area contributed by atoms with Gasteiger partial charge in [0.2, 0.25) is 5.91 Å². The molecule has 2 aliphatic carbocycles. The summed E-state index contributed by atoms with van der Waals surface area (Å²) in [7, 11) is 0. The largest absolute Gasteiger partial charge is 0.388 e. The maximum atomic E-state index is 11.5. The fourth-order valence-electron chi connectivity index (χ4n) is 1.63. The lowest BCUT2D eigenvalue weighted by molar-refractivity contribution is -0.128. The lowest BCUT2D eigenvalue weighted by atomic mass is 9.80. The van der Waals surface area contributed by atoms with Crippen molar-refractivity contribution in [3.05, 3.63) is 0 Å². The highest BCUT2D eigenvalue weighted by molar-refractivity contribution is 5.84. The first kappa shape index (κ1) is 9.00. The molecule has 2 N–H and O–H groups in total. The van der Waals surface area contributed by atoms with Gasteiger partial charge in [0.05, 0.1) is 5.60 Å². The summed E-state index contributed by atoms with van der Waals surface area (Å²) in [4.78, 5) is 11.5. The van der Waals surface area contributed by atoms with Crippen molar-refractivity contribution >= 4 is 5.91 Å². The van der Waals surface area contributed by atoms with E-state index in [9.17, 15) is 9.90 Å². The number of nitrogens with one attached hydrogen (secondary N) is 1. The van der Waals surface area contributed by atoms with Gasteiger partial charge in [-0.05, 0) is 32.1 Å². The Bertz CT molecular complexity index is 229. The summed E-state index contributed by atoms with van der Waals surface area (Å²) in [6, 6.07) is 0. The van der Waals surface area contributed by atoms with Gasteiger partial charge in [0.1, 0.15) is 0 Å².